The summed E-state index contributed by atoms with van der Waals surface area (Å²) in [5, 5.41) is 3.45. The first kappa shape index (κ1) is 9.96. The Bertz CT molecular complexity index is 122. The van der Waals surface area contributed by atoms with Gasteiger partial charge in [0.05, 0.1) is 13.2 Å². The van der Waals surface area contributed by atoms with E-state index in [9.17, 15) is 0 Å². The van der Waals surface area contributed by atoms with Crippen molar-refractivity contribution in [1.29, 1.82) is 0 Å². The van der Waals surface area contributed by atoms with E-state index in [0.717, 1.165) is 32.8 Å². The maximum atomic E-state index is 5.41. The van der Waals surface area contributed by atoms with Crippen molar-refractivity contribution in [2.24, 2.45) is 0 Å². The van der Waals surface area contributed by atoms with E-state index in [4.69, 9.17) is 9.47 Å². The summed E-state index contributed by atoms with van der Waals surface area (Å²) in [6, 6.07) is 0. The molecule has 0 bridgehead atoms. The Morgan fingerprint density at radius 1 is 1.58 bits per heavy atom. The molecule has 3 nitrogen and oxygen atoms in total. The molecule has 1 aliphatic rings. The van der Waals surface area contributed by atoms with E-state index >= 15 is 0 Å². The molecule has 0 amide bonds. The first-order valence-electron chi connectivity index (χ1n) is 4.58. The number of hydrogen-bond donors (Lipinski definition) is 1. The number of nitrogens with one attached hydrogen (secondary N) is 1. The molecule has 0 aromatic rings. The smallest absolute Gasteiger partial charge is 0.0645 e. The lowest BCUT2D eigenvalue weighted by molar-refractivity contribution is 0.0257. The molecule has 0 spiro atoms. The van der Waals surface area contributed by atoms with Gasteiger partial charge in [0.25, 0.3) is 0 Å². The van der Waals surface area contributed by atoms with Crippen molar-refractivity contribution in [2.75, 3.05) is 33.5 Å². The maximum Gasteiger partial charge on any atom is 0.0645 e. The fraction of sp³-hybridized carbons (Fsp3) is 1.00. The average molecular weight is 173 g/mol. The third kappa shape index (κ3) is 3.09. The van der Waals surface area contributed by atoms with E-state index < -0.39 is 0 Å². The molecule has 1 N–H and O–H groups in total. The van der Waals surface area contributed by atoms with E-state index in [-0.39, 0.29) is 5.54 Å². The fourth-order valence-electron chi connectivity index (χ4n) is 1.53. The Balaban J connectivity index is 2.17. The Labute approximate surface area is 74.4 Å². The van der Waals surface area contributed by atoms with Crippen LogP contribution in [0.15, 0.2) is 0 Å². The van der Waals surface area contributed by atoms with Crippen molar-refractivity contribution in [2.45, 2.75) is 25.3 Å². The monoisotopic (exact) mass is 173 g/mol. The number of rotatable bonds is 4. The summed E-state index contributed by atoms with van der Waals surface area (Å²) in [5.74, 6) is 0. The van der Waals surface area contributed by atoms with Crippen LogP contribution in [-0.2, 0) is 9.47 Å². The standard InChI is InChI=1S/C9H19NO2/c1-9(10-5-7-11-2)4-3-6-12-8-9/h10H,3-8H2,1-2H3. The van der Waals surface area contributed by atoms with Gasteiger partial charge in [0.2, 0.25) is 0 Å². The zero-order valence-electron chi connectivity index (χ0n) is 8.06. The van der Waals surface area contributed by atoms with E-state index in [0.29, 0.717) is 0 Å². The lowest BCUT2D eigenvalue weighted by atomic mass is 9.95. The quantitative estimate of drug-likeness (QED) is 0.638. The first-order valence-corrected chi connectivity index (χ1v) is 4.58. The molecular weight excluding hydrogens is 154 g/mol. The van der Waals surface area contributed by atoms with Crippen LogP contribution < -0.4 is 5.32 Å². The third-order valence-corrected chi connectivity index (χ3v) is 2.30. The SMILES string of the molecule is COCCNC1(C)CCCOC1. The molecule has 1 aliphatic heterocycles. The summed E-state index contributed by atoms with van der Waals surface area (Å²) in [7, 11) is 1.72. The van der Waals surface area contributed by atoms with Gasteiger partial charge in [0, 0.05) is 25.8 Å². The van der Waals surface area contributed by atoms with Gasteiger partial charge in [-0.2, -0.15) is 0 Å². The second-order valence-electron chi connectivity index (χ2n) is 3.64. The van der Waals surface area contributed by atoms with Crippen molar-refractivity contribution >= 4 is 0 Å². The molecule has 1 saturated heterocycles. The van der Waals surface area contributed by atoms with Crippen LogP contribution >= 0.6 is 0 Å². The summed E-state index contributed by atoms with van der Waals surface area (Å²) in [6.45, 7) is 5.64. The summed E-state index contributed by atoms with van der Waals surface area (Å²) in [5.41, 5.74) is 0.177. The summed E-state index contributed by atoms with van der Waals surface area (Å²) >= 11 is 0. The minimum atomic E-state index is 0.177. The minimum Gasteiger partial charge on any atom is -0.383 e. The van der Waals surface area contributed by atoms with Crippen LogP contribution in [0.4, 0.5) is 0 Å². The maximum absolute atomic E-state index is 5.41. The van der Waals surface area contributed by atoms with Crippen LogP contribution in [0.1, 0.15) is 19.8 Å². The van der Waals surface area contributed by atoms with Crippen LogP contribution in [0.2, 0.25) is 0 Å². The van der Waals surface area contributed by atoms with E-state index in [1.807, 2.05) is 0 Å². The number of ether oxygens (including phenoxy) is 2. The minimum absolute atomic E-state index is 0.177. The summed E-state index contributed by atoms with van der Waals surface area (Å²) < 4.78 is 10.4. The molecule has 0 aromatic heterocycles. The molecule has 0 saturated carbocycles. The van der Waals surface area contributed by atoms with Crippen molar-refractivity contribution in [3.8, 4) is 0 Å². The third-order valence-electron chi connectivity index (χ3n) is 2.30. The highest BCUT2D eigenvalue weighted by molar-refractivity contribution is 4.84. The lowest BCUT2D eigenvalue weighted by Gasteiger charge is -2.34. The fourth-order valence-corrected chi connectivity index (χ4v) is 1.53. The van der Waals surface area contributed by atoms with Gasteiger partial charge >= 0.3 is 0 Å². The molecule has 1 heterocycles. The molecule has 1 rings (SSSR count). The number of methoxy groups -OCH3 is 1. The van der Waals surface area contributed by atoms with Crippen molar-refractivity contribution in [3.05, 3.63) is 0 Å². The largest absolute Gasteiger partial charge is 0.383 e. The molecule has 1 unspecified atom stereocenters. The Hall–Kier alpha value is -0.120. The second kappa shape index (κ2) is 4.80. The molecule has 72 valence electrons. The van der Waals surface area contributed by atoms with Crippen molar-refractivity contribution in [3.63, 3.8) is 0 Å². The first-order chi connectivity index (χ1) is 5.77. The second-order valence-corrected chi connectivity index (χ2v) is 3.64. The molecule has 0 aliphatic carbocycles. The molecule has 1 fully saturated rings. The predicted molar refractivity (Wildman–Crippen MR) is 48.3 cm³/mol. The molecule has 3 heteroatoms. The summed E-state index contributed by atoms with van der Waals surface area (Å²) in [4.78, 5) is 0. The van der Waals surface area contributed by atoms with E-state index in [1.165, 1.54) is 6.42 Å². The lowest BCUT2D eigenvalue weighted by Crippen LogP contribution is -2.49. The van der Waals surface area contributed by atoms with E-state index in [2.05, 4.69) is 12.2 Å². The van der Waals surface area contributed by atoms with Gasteiger partial charge in [-0.3, -0.25) is 0 Å². The highest BCUT2D eigenvalue weighted by atomic mass is 16.5. The van der Waals surface area contributed by atoms with Crippen LogP contribution in [0.25, 0.3) is 0 Å². The van der Waals surface area contributed by atoms with Gasteiger partial charge < -0.3 is 14.8 Å². The van der Waals surface area contributed by atoms with Crippen molar-refractivity contribution < 1.29 is 9.47 Å². The Morgan fingerprint density at radius 3 is 3.00 bits per heavy atom. The number of hydrogen-bond acceptors (Lipinski definition) is 3. The van der Waals surface area contributed by atoms with Gasteiger partial charge in [-0.05, 0) is 19.8 Å². The van der Waals surface area contributed by atoms with Crippen LogP contribution in [-0.4, -0.2) is 39.0 Å². The Morgan fingerprint density at radius 2 is 2.42 bits per heavy atom. The Kier molecular flexibility index (Phi) is 3.98. The molecule has 0 radical (unpaired) electrons. The van der Waals surface area contributed by atoms with Gasteiger partial charge in [0.1, 0.15) is 0 Å². The van der Waals surface area contributed by atoms with Crippen LogP contribution in [0, 0.1) is 0 Å². The zero-order chi connectivity index (χ0) is 8.86. The van der Waals surface area contributed by atoms with Gasteiger partial charge in [0.15, 0.2) is 0 Å². The average Bonchev–Trinajstić information content (AvgIpc) is 2.06. The van der Waals surface area contributed by atoms with Gasteiger partial charge in [-0.15, -0.1) is 0 Å². The zero-order valence-corrected chi connectivity index (χ0v) is 8.06. The molecular formula is C9H19NO2. The molecule has 0 aromatic carbocycles. The van der Waals surface area contributed by atoms with Crippen molar-refractivity contribution in [1.82, 2.24) is 5.32 Å². The topological polar surface area (TPSA) is 30.5 Å². The van der Waals surface area contributed by atoms with Crippen LogP contribution in [0.3, 0.4) is 0 Å². The van der Waals surface area contributed by atoms with E-state index in [1.54, 1.807) is 7.11 Å². The van der Waals surface area contributed by atoms with Gasteiger partial charge in [-0.25, -0.2) is 0 Å². The van der Waals surface area contributed by atoms with Crippen LogP contribution in [0.5, 0.6) is 0 Å². The predicted octanol–water partition coefficient (Wildman–Crippen LogP) is 0.791. The highest BCUT2D eigenvalue weighted by Crippen LogP contribution is 2.17. The molecule has 1 atom stereocenters. The van der Waals surface area contributed by atoms with Gasteiger partial charge in [-0.1, -0.05) is 0 Å². The normalized spacial score (nSPS) is 30.5. The highest BCUT2D eigenvalue weighted by Gasteiger charge is 2.26. The summed E-state index contributed by atoms with van der Waals surface area (Å²) in [6.07, 6.45) is 2.37. The molecule has 12 heavy (non-hydrogen) atoms.